The minimum absolute atomic E-state index is 0. The molecule has 4 N–H and O–H groups in total. The average Bonchev–Trinajstić information content (AvgIpc) is 2.67. The predicted molar refractivity (Wildman–Crippen MR) is 119 cm³/mol. The summed E-state index contributed by atoms with van der Waals surface area (Å²) in [6.07, 6.45) is 0.810. The lowest BCUT2D eigenvalue weighted by Crippen LogP contribution is -2.50. The minimum atomic E-state index is -0.990. The SMILES string of the molecule is CCNC(=NCC(O)c1ccccc1F)NC1CCN(CC(=O)NC)CC1.I. The lowest BCUT2D eigenvalue weighted by molar-refractivity contribution is -0.122. The summed E-state index contributed by atoms with van der Waals surface area (Å²) in [7, 11) is 1.64. The first-order valence-electron chi connectivity index (χ1n) is 9.43. The number of nitrogens with zero attached hydrogens (tertiary/aromatic N) is 2. The highest BCUT2D eigenvalue weighted by atomic mass is 127. The molecule has 1 heterocycles. The molecule has 1 aromatic rings. The third kappa shape index (κ3) is 7.88. The molecule has 2 rings (SSSR count). The number of rotatable bonds is 7. The molecule has 1 aliphatic rings. The van der Waals surface area contributed by atoms with Crippen LogP contribution in [0.1, 0.15) is 31.4 Å². The van der Waals surface area contributed by atoms with Crippen molar-refractivity contribution < 1.29 is 14.3 Å². The van der Waals surface area contributed by atoms with Crippen LogP contribution in [0.5, 0.6) is 0 Å². The van der Waals surface area contributed by atoms with Crippen LogP contribution in [0.4, 0.5) is 4.39 Å². The van der Waals surface area contributed by atoms with E-state index in [1.807, 2.05) is 6.92 Å². The van der Waals surface area contributed by atoms with E-state index < -0.39 is 11.9 Å². The molecular formula is C19H31FIN5O2. The van der Waals surface area contributed by atoms with Crippen molar-refractivity contribution in [2.45, 2.75) is 31.9 Å². The summed E-state index contributed by atoms with van der Waals surface area (Å²) in [5.74, 6) is 0.206. The molecule has 28 heavy (non-hydrogen) atoms. The maximum Gasteiger partial charge on any atom is 0.233 e. The molecule has 1 saturated heterocycles. The van der Waals surface area contributed by atoms with Gasteiger partial charge in [0, 0.05) is 38.3 Å². The second-order valence-electron chi connectivity index (χ2n) is 6.62. The maximum absolute atomic E-state index is 13.8. The number of carbonyl (C=O) groups excluding carboxylic acids is 1. The number of aliphatic hydroxyl groups is 1. The molecule has 9 heteroatoms. The zero-order valence-electron chi connectivity index (χ0n) is 16.4. The van der Waals surface area contributed by atoms with E-state index >= 15 is 0 Å². The summed E-state index contributed by atoms with van der Waals surface area (Å²) >= 11 is 0. The van der Waals surface area contributed by atoms with Crippen LogP contribution in [-0.2, 0) is 4.79 Å². The van der Waals surface area contributed by atoms with Crippen LogP contribution < -0.4 is 16.0 Å². The van der Waals surface area contributed by atoms with E-state index in [4.69, 9.17) is 0 Å². The summed E-state index contributed by atoms with van der Waals surface area (Å²) in [5.41, 5.74) is 0.250. The molecule has 0 spiro atoms. The van der Waals surface area contributed by atoms with Crippen molar-refractivity contribution in [3.8, 4) is 0 Å². The van der Waals surface area contributed by atoms with Crippen molar-refractivity contribution in [2.24, 2.45) is 4.99 Å². The quantitative estimate of drug-likeness (QED) is 0.254. The van der Waals surface area contributed by atoms with E-state index in [2.05, 4.69) is 25.8 Å². The summed E-state index contributed by atoms with van der Waals surface area (Å²) in [6.45, 7) is 4.83. The summed E-state index contributed by atoms with van der Waals surface area (Å²) < 4.78 is 13.8. The zero-order valence-corrected chi connectivity index (χ0v) is 18.8. The van der Waals surface area contributed by atoms with Crippen molar-refractivity contribution >= 4 is 35.8 Å². The Kier molecular flexibility index (Phi) is 11.3. The Morgan fingerprint density at radius 1 is 1.36 bits per heavy atom. The highest BCUT2D eigenvalue weighted by Gasteiger charge is 2.21. The lowest BCUT2D eigenvalue weighted by Gasteiger charge is -2.32. The first-order valence-corrected chi connectivity index (χ1v) is 9.43. The Labute approximate surface area is 183 Å². The summed E-state index contributed by atoms with van der Waals surface area (Å²) in [5, 5.41) is 19.4. The van der Waals surface area contributed by atoms with Gasteiger partial charge in [0.25, 0.3) is 0 Å². The number of likely N-dealkylation sites (tertiary alicyclic amines) is 1. The van der Waals surface area contributed by atoms with Crippen LogP contribution in [0.15, 0.2) is 29.3 Å². The van der Waals surface area contributed by atoms with E-state index in [0.717, 1.165) is 25.9 Å². The number of guanidine groups is 1. The number of benzene rings is 1. The first-order chi connectivity index (χ1) is 13.0. The van der Waals surface area contributed by atoms with Gasteiger partial charge in [0.05, 0.1) is 13.1 Å². The fraction of sp³-hybridized carbons (Fsp3) is 0.579. The second-order valence-corrected chi connectivity index (χ2v) is 6.62. The average molecular weight is 507 g/mol. The number of halogens is 2. The van der Waals surface area contributed by atoms with Gasteiger partial charge in [-0.1, -0.05) is 18.2 Å². The van der Waals surface area contributed by atoms with Gasteiger partial charge in [-0.05, 0) is 25.8 Å². The van der Waals surface area contributed by atoms with Crippen molar-refractivity contribution in [3.05, 3.63) is 35.6 Å². The second kappa shape index (κ2) is 12.9. The number of carbonyl (C=O) groups is 1. The highest BCUT2D eigenvalue weighted by molar-refractivity contribution is 14.0. The number of piperidine rings is 1. The maximum atomic E-state index is 13.8. The number of amides is 1. The van der Waals surface area contributed by atoms with Crippen LogP contribution in [0.3, 0.4) is 0 Å². The van der Waals surface area contributed by atoms with E-state index in [0.29, 0.717) is 19.0 Å². The van der Waals surface area contributed by atoms with Crippen LogP contribution in [0.25, 0.3) is 0 Å². The van der Waals surface area contributed by atoms with Crippen LogP contribution in [-0.4, -0.2) is 67.7 Å². The van der Waals surface area contributed by atoms with Gasteiger partial charge in [-0.25, -0.2) is 4.39 Å². The Morgan fingerprint density at radius 3 is 2.64 bits per heavy atom. The number of likely N-dealkylation sites (N-methyl/N-ethyl adjacent to an activating group) is 1. The van der Waals surface area contributed by atoms with Gasteiger partial charge in [-0.3, -0.25) is 14.7 Å². The van der Waals surface area contributed by atoms with E-state index in [1.54, 1.807) is 25.2 Å². The molecule has 158 valence electrons. The van der Waals surface area contributed by atoms with E-state index in [1.165, 1.54) is 6.07 Å². The standard InChI is InChI=1S/C19H30FN5O2.HI/c1-3-22-19(23-12-17(26)15-6-4-5-7-16(15)20)24-14-8-10-25(11-9-14)13-18(27)21-2;/h4-7,14,17,26H,3,8-13H2,1-2H3,(H,21,27)(H2,22,23,24);1H. The topological polar surface area (TPSA) is 89.0 Å². The molecule has 0 radical (unpaired) electrons. The van der Waals surface area contributed by atoms with Gasteiger partial charge in [0.2, 0.25) is 5.91 Å². The summed E-state index contributed by atoms with van der Waals surface area (Å²) in [4.78, 5) is 18.0. The van der Waals surface area contributed by atoms with Crippen molar-refractivity contribution in [1.82, 2.24) is 20.9 Å². The Bertz CT molecular complexity index is 639. The van der Waals surface area contributed by atoms with Crippen molar-refractivity contribution in [1.29, 1.82) is 0 Å². The zero-order chi connectivity index (χ0) is 19.6. The largest absolute Gasteiger partial charge is 0.386 e. The fourth-order valence-corrected chi connectivity index (χ4v) is 3.05. The molecule has 0 bridgehead atoms. The molecular weight excluding hydrogens is 476 g/mol. The number of hydrogen-bond acceptors (Lipinski definition) is 4. The highest BCUT2D eigenvalue weighted by Crippen LogP contribution is 2.16. The molecule has 0 saturated carbocycles. The van der Waals surface area contributed by atoms with Gasteiger partial charge in [-0.2, -0.15) is 0 Å². The summed E-state index contributed by atoms with van der Waals surface area (Å²) in [6, 6.07) is 6.43. The Hall–Kier alpha value is -1.46. The lowest BCUT2D eigenvalue weighted by atomic mass is 10.1. The minimum Gasteiger partial charge on any atom is -0.386 e. The number of aliphatic imine (C=N–C) groups is 1. The van der Waals surface area contributed by atoms with Gasteiger partial charge in [0.1, 0.15) is 11.9 Å². The third-order valence-electron chi connectivity index (χ3n) is 4.61. The predicted octanol–water partition coefficient (Wildman–Crippen LogP) is 1.24. The molecule has 0 aliphatic carbocycles. The molecule has 0 aromatic heterocycles. The third-order valence-corrected chi connectivity index (χ3v) is 4.61. The molecule has 1 fully saturated rings. The van der Waals surface area contributed by atoms with Crippen LogP contribution >= 0.6 is 24.0 Å². The first kappa shape index (κ1) is 24.6. The molecule has 1 amide bonds. The molecule has 1 unspecified atom stereocenters. The fourth-order valence-electron chi connectivity index (χ4n) is 3.05. The Balaban J connectivity index is 0.00000392. The molecule has 1 atom stereocenters. The molecule has 1 aliphatic heterocycles. The van der Waals surface area contributed by atoms with E-state index in [-0.39, 0.29) is 48.0 Å². The van der Waals surface area contributed by atoms with Crippen LogP contribution in [0, 0.1) is 5.82 Å². The molecule has 1 aromatic carbocycles. The number of hydrogen-bond donors (Lipinski definition) is 4. The van der Waals surface area contributed by atoms with Crippen molar-refractivity contribution in [3.63, 3.8) is 0 Å². The van der Waals surface area contributed by atoms with Crippen LogP contribution in [0.2, 0.25) is 0 Å². The normalized spacial score (nSPS) is 16.8. The Morgan fingerprint density at radius 2 is 2.04 bits per heavy atom. The van der Waals surface area contributed by atoms with Gasteiger partial charge in [-0.15, -0.1) is 24.0 Å². The number of nitrogens with one attached hydrogen (secondary N) is 3. The molecule has 7 nitrogen and oxygen atoms in total. The van der Waals surface area contributed by atoms with Gasteiger partial charge < -0.3 is 21.1 Å². The van der Waals surface area contributed by atoms with E-state index in [9.17, 15) is 14.3 Å². The smallest absolute Gasteiger partial charge is 0.233 e. The monoisotopic (exact) mass is 507 g/mol. The van der Waals surface area contributed by atoms with Gasteiger partial charge in [0.15, 0.2) is 5.96 Å². The van der Waals surface area contributed by atoms with Gasteiger partial charge >= 0.3 is 0 Å². The number of aliphatic hydroxyl groups excluding tert-OH is 1. The van der Waals surface area contributed by atoms with Crippen molar-refractivity contribution in [2.75, 3.05) is 39.8 Å².